The molecule has 1 N–H and O–H groups in total. The van der Waals surface area contributed by atoms with Gasteiger partial charge >= 0.3 is 6.18 Å². The molecule has 2 rings (SSSR count). The summed E-state index contributed by atoms with van der Waals surface area (Å²) in [5.74, 6) is 0. The van der Waals surface area contributed by atoms with Gasteiger partial charge in [-0.3, -0.25) is 4.98 Å². The predicted octanol–water partition coefficient (Wildman–Crippen LogP) is 3.96. The lowest BCUT2D eigenvalue weighted by molar-refractivity contribution is -0.206. The van der Waals surface area contributed by atoms with E-state index in [-0.39, 0.29) is 5.56 Å². The van der Waals surface area contributed by atoms with Crippen molar-refractivity contribution in [2.45, 2.75) is 26.1 Å². The number of rotatable bonds is 2. The zero-order chi connectivity index (χ0) is 14.9. The third-order valence-corrected chi connectivity index (χ3v) is 3.05. The number of halogens is 3. The van der Waals surface area contributed by atoms with Crippen LogP contribution in [-0.2, 0) is 0 Å². The van der Waals surface area contributed by atoms with Crippen LogP contribution in [0.1, 0.15) is 23.1 Å². The molecular weight excluding hydrogens is 267 g/mol. The van der Waals surface area contributed by atoms with E-state index in [9.17, 15) is 18.3 Å². The van der Waals surface area contributed by atoms with Crippen LogP contribution in [0.5, 0.6) is 0 Å². The van der Waals surface area contributed by atoms with Gasteiger partial charge in [-0.15, -0.1) is 0 Å². The van der Waals surface area contributed by atoms with Gasteiger partial charge in [0.05, 0.1) is 0 Å². The third kappa shape index (κ3) is 2.99. The third-order valence-electron chi connectivity index (χ3n) is 3.05. The molecule has 1 aromatic heterocycles. The number of aliphatic hydroxyl groups is 1. The molecule has 1 heterocycles. The zero-order valence-corrected chi connectivity index (χ0v) is 11.1. The topological polar surface area (TPSA) is 33.1 Å². The fourth-order valence-electron chi connectivity index (χ4n) is 2.06. The van der Waals surface area contributed by atoms with E-state index < -0.39 is 12.3 Å². The average molecular weight is 281 g/mol. The minimum atomic E-state index is -4.67. The van der Waals surface area contributed by atoms with Crippen molar-refractivity contribution in [2.75, 3.05) is 0 Å². The maximum Gasteiger partial charge on any atom is 0.418 e. The lowest BCUT2D eigenvalue weighted by atomic mass is 9.99. The first-order chi connectivity index (χ1) is 9.29. The maximum atomic E-state index is 12.5. The molecule has 106 valence electrons. The van der Waals surface area contributed by atoms with Gasteiger partial charge in [0.2, 0.25) is 0 Å². The summed E-state index contributed by atoms with van der Waals surface area (Å²) in [6.45, 7) is 3.65. The molecule has 0 aliphatic heterocycles. The van der Waals surface area contributed by atoms with E-state index in [1.54, 1.807) is 19.1 Å². The molecule has 0 amide bonds. The summed E-state index contributed by atoms with van der Waals surface area (Å²) in [6.07, 6.45) is -7.14. The van der Waals surface area contributed by atoms with E-state index in [1.165, 1.54) is 18.2 Å². The Bertz CT molecular complexity index is 623. The number of alkyl halides is 3. The first-order valence-electron chi connectivity index (χ1n) is 6.08. The summed E-state index contributed by atoms with van der Waals surface area (Å²) in [5.41, 5.74) is 2.78. The molecule has 2 nitrogen and oxygen atoms in total. The molecule has 0 radical (unpaired) electrons. The lowest BCUT2D eigenvalue weighted by Gasteiger charge is -2.16. The van der Waals surface area contributed by atoms with Crippen molar-refractivity contribution in [2.24, 2.45) is 0 Å². The summed E-state index contributed by atoms with van der Waals surface area (Å²) in [5, 5.41) is 9.30. The fraction of sp³-hybridized carbons (Fsp3) is 0.267. The quantitative estimate of drug-likeness (QED) is 0.903. The number of aryl methyl sites for hydroxylation is 2. The van der Waals surface area contributed by atoms with Crippen molar-refractivity contribution in [3.05, 3.63) is 53.3 Å². The van der Waals surface area contributed by atoms with Crippen LogP contribution in [0.4, 0.5) is 13.2 Å². The molecule has 0 fully saturated rings. The van der Waals surface area contributed by atoms with Gasteiger partial charge in [0, 0.05) is 17.0 Å². The molecule has 0 spiro atoms. The summed E-state index contributed by atoms with van der Waals surface area (Å²) < 4.78 is 37.6. The molecule has 0 saturated heterocycles. The van der Waals surface area contributed by atoms with Crippen molar-refractivity contribution in [1.82, 2.24) is 4.98 Å². The van der Waals surface area contributed by atoms with Crippen LogP contribution in [0.3, 0.4) is 0 Å². The Labute approximate surface area is 114 Å². The van der Waals surface area contributed by atoms with E-state index in [4.69, 9.17) is 0 Å². The highest BCUT2D eigenvalue weighted by atomic mass is 19.4. The fourth-order valence-corrected chi connectivity index (χ4v) is 2.06. The Kier molecular flexibility index (Phi) is 3.81. The number of nitrogens with zero attached hydrogens (tertiary/aromatic N) is 1. The molecule has 0 aliphatic carbocycles. The maximum absolute atomic E-state index is 12.5. The highest BCUT2D eigenvalue weighted by Gasteiger charge is 2.39. The lowest BCUT2D eigenvalue weighted by Crippen LogP contribution is -2.20. The van der Waals surface area contributed by atoms with Crippen LogP contribution >= 0.6 is 0 Å². The normalized spacial score (nSPS) is 13.3. The number of hydrogen-bond acceptors (Lipinski definition) is 2. The molecule has 1 unspecified atom stereocenters. The van der Waals surface area contributed by atoms with E-state index in [1.807, 2.05) is 13.0 Å². The van der Waals surface area contributed by atoms with E-state index in [0.717, 1.165) is 17.0 Å². The molecule has 0 saturated carbocycles. The summed E-state index contributed by atoms with van der Waals surface area (Å²) >= 11 is 0. The number of benzene rings is 1. The number of hydrogen-bond donors (Lipinski definition) is 1. The van der Waals surface area contributed by atoms with E-state index >= 15 is 0 Å². The summed E-state index contributed by atoms with van der Waals surface area (Å²) in [4.78, 5) is 4.29. The molecule has 0 aliphatic rings. The monoisotopic (exact) mass is 281 g/mol. The second kappa shape index (κ2) is 5.25. The molecule has 20 heavy (non-hydrogen) atoms. The van der Waals surface area contributed by atoms with Crippen molar-refractivity contribution in [1.29, 1.82) is 0 Å². The minimum absolute atomic E-state index is 0.171. The average Bonchev–Trinajstić information content (AvgIpc) is 2.37. The standard InChI is InChI=1S/C15H14F3NO/c1-9-6-7-13(10(2)19-9)11-4-3-5-12(8-11)14(20)15(16,17)18/h3-8,14,20H,1-2H3. The second-order valence-corrected chi connectivity index (χ2v) is 4.66. The van der Waals surface area contributed by atoms with Crippen molar-refractivity contribution in [3.8, 4) is 11.1 Å². The molecule has 0 bridgehead atoms. The predicted molar refractivity (Wildman–Crippen MR) is 70.2 cm³/mol. The van der Waals surface area contributed by atoms with Gasteiger partial charge in [-0.2, -0.15) is 13.2 Å². The van der Waals surface area contributed by atoms with E-state index in [0.29, 0.717) is 5.56 Å². The van der Waals surface area contributed by atoms with Crippen LogP contribution < -0.4 is 0 Å². The number of aliphatic hydroxyl groups excluding tert-OH is 1. The highest BCUT2D eigenvalue weighted by molar-refractivity contribution is 5.66. The Morgan fingerprint density at radius 2 is 1.80 bits per heavy atom. The van der Waals surface area contributed by atoms with Crippen LogP contribution in [0, 0.1) is 13.8 Å². The summed E-state index contributed by atoms with van der Waals surface area (Å²) in [6, 6.07) is 9.42. The van der Waals surface area contributed by atoms with Gasteiger partial charge in [0.25, 0.3) is 0 Å². The van der Waals surface area contributed by atoms with Gasteiger partial charge in [-0.25, -0.2) is 0 Å². The van der Waals surface area contributed by atoms with Crippen molar-refractivity contribution < 1.29 is 18.3 Å². The molecular formula is C15H14F3NO. The Balaban J connectivity index is 2.44. The smallest absolute Gasteiger partial charge is 0.379 e. The largest absolute Gasteiger partial charge is 0.418 e. The van der Waals surface area contributed by atoms with Crippen LogP contribution in [0.25, 0.3) is 11.1 Å². The number of pyridine rings is 1. The SMILES string of the molecule is Cc1ccc(-c2cccc(C(O)C(F)(F)F)c2)c(C)n1. The highest BCUT2D eigenvalue weighted by Crippen LogP contribution is 2.34. The first-order valence-corrected chi connectivity index (χ1v) is 6.08. The molecule has 1 atom stereocenters. The zero-order valence-electron chi connectivity index (χ0n) is 11.1. The van der Waals surface area contributed by atoms with E-state index in [2.05, 4.69) is 4.98 Å². The van der Waals surface area contributed by atoms with Crippen LogP contribution in [-0.4, -0.2) is 16.3 Å². The van der Waals surface area contributed by atoms with Crippen LogP contribution in [0.2, 0.25) is 0 Å². The van der Waals surface area contributed by atoms with Crippen LogP contribution in [0.15, 0.2) is 36.4 Å². The number of aromatic nitrogens is 1. The minimum Gasteiger partial charge on any atom is -0.379 e. The molecule has 1 aromatic carbocycles. The van der Waals surface area contributed by atoms with Gasteiger partial charge < -0.3 is 5.11 Å². The van der Waals surface area contributed by atoms with Gasteiger partial charge in [-0.1, -0.05) is 24.3 Å². The van der Waals surface area contributed by atoms with Gasteiger partial charge in [0.1, 0.15) is 0 Å². The van der Waals surface area contributed by atoms with Gasteiger partial charge in [0.15, 0.2) is 6.10 Å². The van der Waals surface area contributed by atoms with Crippen molar-refractivity contribution >= 4 is 0 Å². The Hall–Kier alpha value is -1.88. The second-order valence-electron chi connectivity index (χ2n) is 4.66. The summed E-state index contributed by atoms with van der Waals surface area (Å²) in [7, 11) is 0. The Morgan fingerprint density at radius 3 is 2.40 bits per heavy atom. The first kappa shape index (κ1) is 14.5. The Morgan fingerprint density at radius 1 is 1.10 bits per heavy atom. The molecule has 5 heteroatoms. The van der Waals surface area contributed by atoms with Crippen molar-refractivity contribution in [3.63, 3.8) is 0 Å². The molecule has 2 aromatic rings. The van der Waals surface area contributed by atoms with Gasteiger partial charge in [-0.05, 0) is 37.1 Å².